The highest BCUT2D eigenvalue weighted by molar-refractivity contribution is 5.68. The largest absolute Gasteiger partial charge is 0.233 e. The number of hydrogen-bond acceptors (Lipinski definition) is 4. The van der Waals surface area contributed by atoms with Crippen molar-refractivity contribution in [2.75, 3.05) is 10.7 Å². The van der Waals surface area contributed by atoms with Crippen LogP contribution in [0.1, 0.15) is 0 Å². The summed E-state index contributed by atoms with van der Waals surface area (Å²) in [5, 5.41) is 10.2. The minimum absolute atomic E-state index is 0.350. The Morgan fingerprint density at radius 2 is 2.58 bits per heavy atom. The lowest BCUT2D eigenvalue weighted by atomic mass is 10.3. The normalized spacial score (nSPS) is 13.8. The first kappa shape index (κ1) is 6.86. The summed E-state index contributed by atoms with van der Waals surface area (Å²) in [7, 11) is 0. The Kier molecular flexibility index (Phi) is 1.34. The van der Waals surface area contributed by atoms with E-state index in [0.29, 0.717) is 16.5 Å². The predicted molar refractivity (Wildman–Crippen MR) is 39.5 cm³/mol. The van der Waals surface area contributed by atoms with Gasteiger partial charge in [0, 0.05) is 6.07 Å². The van der Waals surface area contributed by atoms with E-state index in [9.17, 15) is 10.1 Å². The molecule has 61 valence electrons. The maximum absolute atomic E-state index is 10.3. The van der Waals surface area contributed by atoms with Crippen molar-refractivity contribution in [1.82, 2.24) is 0 Å². The molecule has 1 aromatic rings. The predicted octanol–water partition coefficient (Wildman–Crippen LogP) is 0.757. The van der Waals surface area contributed by atoms with E-state index in [2.05, 4.69) is 16.5 Å². The van der Waals surface area contributed by atoms with Crippen molar-refractivity contribution in [3.8, 4) is 0 Å². The van der Waals surface area contributed by atoms with Crippen molar-refractivity contribution in [2.45, 2.75) is 0 Å². The van der Waals surface area contributed by atoms with Gasteiger partial charge in [-0.05, 0) is 6.07 Å². The number of hydrazine groups is 1. The molecular formula is C6H4N3O3. The molecule has 0 spiro atoms. The molecule has 12 heavy (non-hydrogen) atoms. The molecular weight excluding hydrogens is 162 g/mol. The molecule has 1 aliphatic rings. The molecule has 1 N–H and O–H groups in total. The fourth-order valence-electron chi connectivity index (χ4n) is 0.928. The van der Waals surface area contributed by atoms with E-state index in [1.807, 2.05) is 0 Å². The van der Waals surface area contributed by atoms with Crippen molar-refractivity contribution in [1.29, 1.82) is 0 Å². The lowest BCUT2D eigenvalue weighted by molar-refractivity contribution is -0.541. The second kappa shape index (κ2) is 2.35. The van der Waals surface area contributed by atoms with Gasteiger partial charge in [-0.2, -0.15) is 0 Å². The van der Waals surface area contributed by atoms with E-state index >= 15 is 0 Å². The van der Waals surface area contributed by atoms with Gasteiger partial charge in [0.05, 0.1) is 5.17 Å². The van der Waals surface area contributed by atoms with Gasteiger partial charge in [0.15, 0.2) is 10.7 Å². The van der Waals surface area contributed by atoms with Gasteiger partial charge in [-0.3, -0.25) is 0 Å². The average molecular weight is 166 g/mol. The lowest BCUT2D eigenvalue weighted by Gasteiger charge is -2.00. The maximum atomic E-state index is 10.3. The van der Waals surface area contributed by atoms with E-state index < -0.39 is 5.03 Å². The van der Waals surface area contributed by atoms with Crippen molar-refractivity contribution in [2.24, 2.45) is 0 Å². The molecule has 6 heteroatoms. The number of fused-ring (bicyclic) bond motifs is 1. The zero-order chi connectivity index (χ0) is 8.55. The third kappa shape index (κ3) is 0.857. The Morgan fingerprint density at radius 3 is 3.33 bits per heavy atom. The first-order valence-electron chi connectivity index (χ1n) is 3.17. The molecule has 2 rings (SSSR count). The van der Waals surface area contributed by atoms with Gasteiger partial charge < -0.3 is 0 Å². The van der Waals surface area contributed by atoms with Crippen LogP contribution in [0.15, 0.2) is 18.2 Å². The Labute approximate surface area is 67.4 Å². The molecule has 1 aromatic carbocycles. The molecule has 1 aliphatic heterocycles. The Morgan fingerprint density at radius 1 is 1.75 bits per heavy atom. The zero-order valence-corrected chi connectivity index (χ0v) is 5.85. The maximum Gasteiger partial charge on any atom is 0.194 e. The average Bonchev–Trinajstić information content (AvgIpc) is 2.47. The van der Waals surface area contributed by atoms with Gasteiger partial charge in [-0.15, -0.1) is 0 Å². The lowest BCUT2D eigenvalue weighted by Crippen LogP contribution is -2.26. The summed E-state index contributed by atoms with van der Waals surface area (Å²) in [4.78, 5) is 14.9. The van der Waals surface area contributed by atoms with Gasteiger partial charge in [0.2, 0.25) is 0 Å². The highest BCUT2D eigenvalue weighted by atomic mass is 16.9. The van der Waals surface area contributed by atoms with Gasteiger partial charge in [0.25, 0.3) is 0 Å². The van der Waals surface area contributed by atoms with Crippen LogP contribution < -0.4 is 10.7 Å². The molecule has 0 bridgehead atoms. The van der Waals surface area contributed by atoms with Crippen LogP contribution in [0.2, 0.25) is 0 Å². The van der Waals surface area contributed by atoms with Gasteiger partial charge in [-0.1, -0.05) is 17.1 Å². The van der Waals surface area contributed by atoms with Gasteiger partial charge >= 0.3 is 0 Å². The summed E-state index contributed by atoms with van der Waals surface area (Å²) in [5.41, 5.74) is 3.18. The van der Waals surface area contributed by atoms with Gasteiger partial charge in [0.1, 0.15) is 5.69 Å². The number of rotatable bonds is 1. The molecule has 0 fully saturated rings. The number of para-hydroxylation sites is 1. The van der Waals surface area contributed by atoms with Crippen LogP contribution in [-0.4, -0.2) is 5.03 Å². The molecule has 1 radical (unpaired) electrons. The summed E-state index contributed by atoms with van der Waals surface area (Å²) in [6, 6.07) is 7.60. The Bertz CT molecular complexity index is 328. The topological polar surface area (TPSA) is 67.6 Å². The van der Waals surface area contributed by atoms with Crippen molar-refractivity contribution < 1.29 is 9.97 Å². The first-order valence-corrected chi connectivity index (χ1v) is 3.17. The standard InChI is InChI=1S/C6H4N3O3/c10-9(11)8-6-4-2-1-3-5(6)7-12-8/h1-2,4,7H. The number of benzene rings is 1. The van der Waals surface area contributed by atoms with Crippen LogP contribution in [0.5, 0.6) is 0 Å². The fourth-order valence-corrected chi connectivity index (χ4v) is 0.928. The van der Waals surface area contributed by atoms with Crippen LogP contribution in [0, 0.1) is 16.2 Å². The van der Waals surface area contributed by atoms with Crippen LogP contribution in [-0.2, 0) is 4.94 Å². The first-order chi connectivity index (χ1) is 5.79. The summed E-state index contributed by atoms with van der Waals surface area (Å²) in [5.74, 6) is 0. The molecule has 1 heterocycles. The quantitative estimate of drug-likeness (QED) is 0.492. The number of hydrogen-bond donors (Lipinski definition) is 1. The summed E-state index contributed by atoms with van der Waals surface area (Å²) in [6.07, 6.45) is 0. The van der Waals surface area contributed by atoms with Crippen LogP contribution >= 0.6 is 0 Å². The highest BCUT2D eigenvalue weighted by Gasteiger charge is 2.29. The molecule has 0 unspecified atom stereocenters. The van der Waals surface area contributed by atoms with E-state index in [0.717, 1.165) is 0 Å². The van der Waals surface area contributed by atoms with E-state index in [4.69, 9.17) is 0 Å². The summed E-state index contributed by atoms with van der Waals surface area (Å²) in [6.45, 7) is 0. The fraction of sp³-hybridized carbons (Fsp3) is 0. The number of nitro groups is 1. The van der Waals surface area contributed by atoms with E-state index in [1.165, 1.54) is 0 Å². The minimum Gasteiger partial charge on any atom is -0.233 e. The molecule has 0 atom stereocenters. The third-order valence-electron chi connectivity index (χ3n) is 1.42. The number of nitrogens with one attached hydrogen (secondary N) is 1. The molecule has 0 saturated carbocycles. The SMILES string of the molecule is O=[N+]([O-])N1ONc2[c]cccc21. The van der Waals surface area contributed by atoms with Crippen LogP contribution in [0.3, 0.4) is 0 Å². The smallest absolute Gasteiger partial charge is 0.194 e. The second-order valence-electron chi connectivity index (χ2n) is 2.13. The number of nitrogens with zero attached hydrogens (tertiary/aromatic N) is 2. The molecule has 6 nitrogen and oxygen atoms in total. The van der Waals surface area contributed by atoms with Crippen molar-refractivity contribution in [3.05, 3.63) is 34.4 Å². The van der Waals surface area contributed by atoms with Gasteiger partial charge in [-0.25, -0.2) is 15.6 Å². The summed E-state index contributed by atoms with van der Waals surface area (Å²) >= 11 is 0. The van der Waals surface area contributed by atoms with Crippen LogP contribution in [0.25, 0.3) is 0 Å². The minimum atomic E-state index is -0.660. The molecule has 0 amide bonds. The third-order valence-corrected chi connectivity index (χ3v) is 1.42. The highest BCUT2D eigenvalue weighted by Crippen LogP contribution is 2.30. The molecule has 0 aromatic heterocycles. The zero-order valence-electron chi connectivity index (χ0n) is 5.85. The molecule has 0 saturated heterocycles. The van der Waals surface area contributed by atoms with E-state index in [-0.39, 0.29) is 0 Å². The monoisotopic (exact) mass is 166 g/mol. The Hall–Kier alpha value is -1.82. The molecule has 0 aliphatic carbocycles. The number of anilines is 2. The Balaban J connectivity index is 2.42. The van der Waals surface area contributed by atoms with E-state index in [1.54, 1.807) is 18.2 Å². The van der Waals surface area contributed by atoms with Crippen LogP contribution in [0.4, 0.5) is 11.4 Å². The van der Waals surface area contributed by atoms with Crippen molar-refractivity contribution in [3.63, 3.8) is 0 Å². The summed E-state index contributed by atoms with van der Waals surface area (Å²) < 4.78 is 0. The second-order valence-corrected chi connectivity index (χ2v) is 2.13. The van der Waals surface area contributed by atoms with Crippen molar-refractivity contribution >= 4 is 11.4 Å².